The first-order valence-corrected chi connectivity index (χ1v) is 6.10. The van der Waals surface area contributed by atoms with Crippen molar-refractivity contribution in [2.45, 2.75) is 33.0 Å². The molecular weight excluding hydrogens is 275 g/mol. The zero-order valence-electron chi connectivity index (χ0n) is 11.7. The molecule has 0 radical (unpaired) electrons. The molecular formula is C12H18F3N3O2. The van der Waals surface area contributed by atoms with Gasteiger partial charge in [-0.15, -0.1) is 0 Å². The Kier molecular flexibility index (Phi) is 5.15. The third kappa shape index (κ3) is 4.22. The van der Waals surface area contributed by atoms with E-state index < -0.39 is 12.7 Å². The number of aliphatic hydroxyl groups excluding tert-OH is 1. The highest BCUT2D eigenvalue weighted by Crippen LogP contribution is 2.21. The molecule has 0 aliphatic heterocycles. The molecule has 20 heavy (non-hydrogen) atoms. The van der Waals surface area contributed by atoms with E-state index in [-0.39, 0.29) is 25.5 Å². The van der Waals surface area contributed by atoms with E-state index in [0.29, 0.717) is 17.0 Å². The fraction of sp³-hybridized carbons (Fsp3) is 0.667. The van der Waals surface area contributed by atoms with Crippen molar-refractivity contribution in [1.82, 2.24) is 14.7 Å². The Morgan fingerprint density at radius 3 is 2.50 bits per heavy atom. The van der Waals surface area contributed by atoms with Crippen LogP contribution in [0.15, 0.2) is 0 Å². The molecule has 1 amide bonds. The number of alkyl halides is 3. The lowest BCUT2D eigenvalue weighted by atomic mass is 10.1. The molecule has 5 nitrogen and oxygen atoms in total. The molecule has 0 unspecified atom stereocenters. The molecule has 0 saturated heterocycles. The Morgan fingerprint density at radius 2 is 2.00 bits per heavy atom. The fourth-order valence-electron chi connectivity index (χ4n) is 1.87. The summed E-state index contributed by atoms with van der Waals surface area (Å²) in [6.07, 6.45) is -4.37. The van der Waals surface area contributed by atoms with Gasteiger partial charge >= 0.3 is 6.18 Å². The second-order valence-corrected chi connectivity index (χ2v) is 4.64. The summed E-state index contributed by atoms with van der Waals surface area (Å²) in [5.41, 5.74) is 1.26. The zero-order valence-corrected chi connectivity index (χ0v) is 11.7. The van der Waals surface area contributed by atoms with Crippen LogP contribution < -0.4 is 0 Å². The first-order chi connectivity index (χ1) is 9.15. The van der Waals surface area contributed by atoms with Gasteiger partial charge in [-0.1, -0.05) is 0 Å². The van der Waals surface area contributed by atoms with Crippen molar-refractivity contribution in [3.05, 3.63) is 17.0 Å². The number of hydrogen-bond acceptors (Lipinski definition) is 3. The predicted octanol–water partition coefficient (Wildman–Crippen LogP) is 1.06. The number of amides is 1. The third-order valence-corrected chi connectivity index (χ3v) is 3.05. The lowest BCUT2D eigenvalue weighted by molar-refractivity contribution is -0.143. The fourth-order valence-corrected chi connectivity index (χ4v) is 1.87. The van der Waals surface area contributed by atoms with Gasteiger partial charge in [0.1, 0.15) is 6.54 Å². The summed E-state index contributed by atoms with van der Waals surface area (Å²) in [5.74, 6) is -0.267. The van der Waals surface area contributed by atoms with Crippen molar-refractivity contribution in [1.29, 1.82) is 0 Å². The number of rotatable bonds is 5. The number of aromatic nitrogens is 2. The van der Waals surface area contributed by atoms with Gasteiger partial charge in [0.15, 0.2) is 0 Å². The smallest absolute Gasteiger partial charge is 0.395 e. The minimum Gasteiger partial charge on any atom is -0.395 e. The van der Waals surface area contributed by atoms with Crippen LogP contribution in [-0.4, -0.2) is 52.1 Å². The van der Waals surface area contributed by atoms with Crippen LogP contribution in [0.4, 0.5) is 13.2 Å². The molecule has 1 heterocycles. The molecule has 0 aliphatic carbocycles. The number of carbonyl (C=O) groups is 1. The highest BCUT2D eigenvalue weighted by molar-refractivity contribution is 5.79. The van der Waals surface area contributed by atoms with E-state index >= 15 is 0 Å². The topological polar surface area (TPSA) is 58.4 Å². The Morgan fingerprint density at radius 1 is 1.40 bits per heavy atom. The van der Waals surface area contributed by atoms with Crippen molar-refractivity contribution in [3.63, 3.8) is 0 Å². The summed E-state index contributed by atoms with van der Waals surface area (Å²) in [6.45, 7) is 1.95. The number of aryl methyl sites for hydroxylation is 1. The second-order valence-electron chi connectivity index (χ2n) is 4.64. The van der Waals surface area contributed by atoms with E-state index in [4.69, 9.17) is 5.11 Å². The minimum absolute atomic E-state index is 0.0218. The van der Waals surface area contributed by atoms with Gasteiger partial charge in [-0.25, -0.2) is 0 Å². The van der Waals surface area contributed by atoms with Crippen LogP contribution >= 0.6 is 0 Å². The molecule has 0 aromatic carbocycles. The Hall–Kier alpha value is -1.57. The molecule has 0 bridgehead atoms. The monoisotopic (exact) mass is 293 g/mol. The first kappa shape index (κ1) is 16.5. The largest absolute Gasteiger partial charge is 0.408 e. The van der Waals surface area contributed by atoms with Crippen molar-refractivity contribution in [2.24, 2.45) is 0 Å². The molecule has 0 saturated carbocycles. The number of likely N-dealkylation sites (N-methyl/N-ethyl adjacent to an activating group) is 1. The van der Waals surface area contributed by atoms with Crippen LogP contribution in [0, 0.1) is 13.8 Å². The SMILES string of the molecule is Cc1nn(CC(F)(F)F)c(C)c1CC(=O)N(C)CCO. The molecule has 0 spiro atoms. The van der Waals surface area contributed by atoms with Crippen molar-refractivity contribution >= 4 is 5.91 Å². The Bertz CT molecular complexity index is 483. The van der Waals surface area contributed by atoms with Gasteiger partial charge in [0.05, 0.1) is 18.7 Å². The Labute approximate surface area is 115 Å². The summed E-state index contributed by atoms with van der Waals surface area (Å²) >= 11 is 0. The highest BCUT2D eigenvalue weighted by atomic mass is 19.4. The summed E-state index contributed by atoms with van der Waals surface area (Å²) in [6, 6.07) is 0. The molecule has 1 rings (SSSR count). The maximum atomic E-state index is 12.4. The summed E-state index contributed by atoms with van der Waals surface area (Å²) in [5, 5.41) is 12.6. The van der Waals surface area contributed by atoms with Crippen LogP contribution in [0.2, 0.25) is 0 Å². The van der Waals surface area contributed by atoms with Crippen molar-refractivity contribution < 1.29 is 23.1 Å². The quantitative estimate of drug-likeness (QED) is 0.883. The number of hydrogen-bond donors (Lipinski definition) is 1. The molecule has 0 aliphatic rings. The van der Waals surface area contributed by atoms with E-state index in [9.17, 15) is 18.0 Å². The van der Waals surface area contributed by atoms with Gasteiger partial charge in [0.25, 0.3) is 0 Å². The molecule has 1 N–H and O–H groups in total. The average Bonchev–Trinajstić information content (AvgIpc) is 2.55. The van der Waals surface area contributed by atoms with E-state index in [1.165, 1.54) is 18.9 Å². The van der Waals surface area contributed by atoms with Crippen LogP contribution in [0.3, 0.4) is 0 Å². The second kappa shape index (κ2) is 6.25. The number of nitrogens with zero attached hydrogens (tertiary/aromatic N) is 3. The summed E-state index contributed by atoms with van der Waals surface area (Å²) in [4.78, 5) is 13.2. The molecule has 0 atom stereocenters. The van der Waals surface area contributed by atoms with Gasteiger partial charge < -0.3 is 10.0 Å². The average molecular weight is 293 g/mol. The van der Waals surface area contributed by atoms with Gasteiger partial charge in [0, 0.05) is 24.8 Å². The van der Waals surface area contributed by atoms with Crippen LogP contribution in [0.25, 0.3) is 0 Å². The standard InChI is InChI=1S/C12H18F3N3O2/c1-8-10(6-11(20)17(3)4-5-19)9(2)18(16-8)7-12(13,14)15/h19H,4-7H2,1-3H3. The predicted molar refractivity (Wildman–Crippen MR) is 66.2 cm³/mol. The lowest BCUT2D eigenvalue weighted by Gasteiger charge is -2.15. The van der Waals surface area contributed by atoms with Crippen molar-refractivity contribution in [3.8, 4) is 0 Å². The minimum atomic E-state index is -4.35. The lowest BCUT2D eigenvalue weighted by Crippen LogP contribution is -2.31. The molecule has 1 aromatic rings. The number of carbonyl (C=O) groups excluding carboxylic acids is 1. The van der Waals surface area contributed by atoms with Gasteiger partial charge in [-0.2, -0.15) is 18.3 Å². The van der Waals surface area contributed by atoms with Crippen LogP contribution in [0.1, 0.15) is 17.0 Å². The normalized spacial score (nSPS) is 11.8. The van der Waals surface area contributed by atoms with Gasteiger partial charge in [0.2, 0.25) is 5.91 Å². The number of halogens is 3. The van der Waals surface area contributed by atoms with E-state index in [0.717, 1.165) is 4.68 Å². The number of aliphatic hydroxyl groups is 1. The molecule has 114 valence electrons. The van der Waals surface area contributed by atoms with Gasteiger partial charge in [-0.05, 0) is 13.8 Å². The molecule has 8 heteroatoms. The zero-order chi connectivity index (χ0) is 15.5. The molecule has 1 aromatic heterocycles. The van der Waals surface area contributed by atoms with E-state index in [1.54, 1.807) is 6.92 Å². The van der Waals surface area contributed by atoms with E-state index in [1.807, 2.05) is 0 Å². The Balaban J connectivity index is 2.89. The van der Waals surface area contributed by atoms with Crippen LogP contribution in [-0.2, 0) is 17.8 Å². The van der Waals surface area contributed by atoms with Crippen molar-refractivity contribution in [2.75, 3.05) is 20.2 Å². The van der Waals surface area contributed by atoms with Gasteiger partial charge in [-0.3, -0.25) is 9.48 Å². The third-order valence-electron chi connectivity index (χ3n) is 3.05. The van der Waals surface area contributed by atoms with Crippen LogP contribution in [0.5, 0.6) is 0 Å². The summed E-state index contributed by atoms with van der Waals surface area (Å²) in [7, 11) is 1.53. The highest BCUT2D eigenvalue weighted by Gasteiger charge is 2.30. The maximum absolute atomic E-state index is 12.4. The molecule has 0 fully saturated rings. The first-order valence-electron chi connectivity index (χ1n) is 6.10. The summed E-state index contributed by atoms with van der Waals surface area (Å²) < 4.78 is 38.0. The maximum Gasteiger partial charge on any atom is 0.408 e. The van der Waals surface area contributed by atoms with E-state index in [2.05, 4.69) is 5.10 Å².